The van der Waals surface area contributed by atoms with Crippen LogP contribution in [-0.2, 0) is 6.67 Å². The highest BCUT2D eigenvalue weighted by Crippen LogP contribution is 2.31. The minimum Gasteiger partial charge on any atom is -0.323 e. The highest BCUT2D eigenvalue weighted by atomic mass is 32.1. The van der Waals surface area contributed by atoms with Crippen LogP contribution in [0.1, 0.15) is 0 Å². The number of thiazole rings is 1. The van der Waals surface area contributed by atoms with Crippen LogP contribution in [-0.4, -0.2) is 4.57 Å². The SMILES string of the molecule is S=c1sc2ccccc2n1CN(c1ccccc1)c1ccc2ccccc2c1. The monoisotopic (exact) mass is 398 g/mol. The number of aromatic nitrogens is 1. The van der Waals surface area contributed by atoms with Gasteiger partial charge in [-0.25, -0.2) is 0 Å². The van der Waals surface area contributed by atoms with Gasteiger partial charge >= 0.3 is 0 Å². The number of hydrogen-bond donors (Lipinski definition) is 0. The van der Waals surface area contributed by atoms with E-state index in [1.807, 2.05) is 6.07 Å². The van der Waals surface area contributed by atoms with Gasteiger partial charge in [0, 0.05) is 11.4 Å². The lowest BCUT2D eigenvalue weighted by Gasteiger charge is -2.26. The standard InChI is InChI=1S/C24H18N2S2/c27-24-26(22-12-6-7-13-23(22)28-24)17-25(20-10-2-1-3-11-20)21-15-14-18-8-4-5-9-19(18)16-21/h1-16H,17H2. The molecular formula is C24H18N2S2. The molecule has 0 fully saturated rings. The molecule has 0 atom stereocenters. The molecule has 0 amide bonds. The van der Waals surface area contributed by atoms with Crippen LogP contribution in [0.2, 0.25) is 0 Å². The van der Waals surface area contributed by atoms with Crippen molar-refractivity contribution < 1.29 is 0 Å². The molecule has 5 rings (SSSR count). The Hall–Kier alpha value is -2.95. The van der Waals surface area contributed by atoms with Crippen LogP contribution in [0, 0.1) is 3.95 Å². The highest BCUT2D eigenvalue weighted by molar-refractivity contribution is 7.73. The third kappa shape index (κ3) is 3.11. The molecule has 136 valence electrons. The van der Waals surface area contributed by atoms with E-state index < -0.39 is 0 Å². The normalized spacial score (nSPS) is 11.1. The molecule has 5 aromatic rings. The molecule has 0 bridgehead atoms. The van der Waals surface area contributed by atoms with Crippen molar-refractivity contribution in [2.45, 2.75) is 6.67 Å². The van der Waals surface area contributed by atoms with Gasteiger partial charge in [0.25, 0.3) is 0 Å². The van der Waals surface area contributed by atoms with Gasteiger partial charge in [0.05, 0.1) is 10.2 Å². The fourth-order valence-corrected chi connectivity index (χ4v) is 4.86. The molecule has 4 heteroatoms. The topological polar surface area (TPSA) is 8.17 Å². The third-order valence-corrected chi connectivity index (χ3v) is 6.40. The number of benzene rings is 4. The number of fused-ring (bicyclic) bond motifs is 2. The number of nitrogens with zero attached hydrogens (tertiary/aromatic N) is 2. The molecule has 0 radical (unpaired) electrons. The minimum atomic E-state index is 0.672. The van der Waals surface area contributed by atoms with Gasteiger partial charge in [-0.3, -0.25) is 0 Å². The van der Waals surface area contributed by atoms with Crippen LogP contribution in [0.3, 0.4) is 0 Å². The predicted octanol–water partition coefficient (Wildman–Crippen LogP) is 7.38. The first kappa shape index (κ1) is 17.2. The van der Waals surface area contributed by atoms with Crippen LogP contribution in [0.5, 0.6) is 0 Å². The Kier molecular flexibility index (Phi) is 4.43. The van der Waals surface area contributed by atoms with Gasteiger partial charge in [-0.2, -0.15) is 0 Å². The zero-order valence-corrected chi connectivity index (χ0v) is 16.8. The molecule has 0 N–H and O–H groups in total. The van der Waals surface area contributed by atoms with E-state index in [-0.39, 0.29) is 0 Å². The van der Waals surface area contributed by atoms with Gasteiger partial charge < -0.3 is 9.47 Å². The molecule has 0 aliphatic heterocycles. The van der Waals surface area contributed by atoms with E-state index in [1.165, 1.54) is 21.0 Å². The average molecular weight is 399 g/mol. The maximum absolute atomic E-state index is 5.70. The van der Waals surface area contributed by atoms with Crippen LogP contribution < -0.4 is 4.90 Å². The molecular weight excluding hydrogens is 380 g/mol. The summed E-state index contributed by atoms with van der Waals surface area (Å²) < 4.78 is 4.33. The molecule has 0 spiro atoms. The summed E-state index contributed by atoms with van der Waals surface area (Å²) in [5, 5.41) is 2.48. The van der Waals surface area contributed by atoms with E-state index >= 15 is 0 Å². The third-order valence-electron chi connectivity index (χ3n) is 4.97. The maximum atomic E-state index is 5.70. The molecule has 0 saturated carbocycles. The Labute approximate surface area is 172 Å². The zero-order valence-electron chi connectivity index (χ0n) is 15.2. The van der Waals surface area contributed by atoms with Crippen LogP contribution in [0.4, 0.5) is 11.4 Å². The second kappa shape index (κ2) is 7.23. The van der Waals surface area contributed by atoms with Crippen LogP contribution in [0.15, 0.2) is 97.1 Å². The highest BCUT2D eigenvalue weighted by Gasteiger charge is 2.13. The Balaban J connectivity index is 1.66. The molecule has 28 heavy (non-hydrogen) atoms. The molecule has 2 nitrogen and oxygen atoms in total. The van der Waals surface area contributed by atoms with Crippen molar-refractivity contribution in [1.82, 2.24) is 4.57 Å². The maximum Gasteiger partial charge on any atom is 0.163 e. The van der Waals surface area contributed by atoms with E-state index in [0.29, 0.717) is 6.67 Å². The number of rotatable bonds is 4. The first-order valence-electron chi connectivity index (χ1n) is 9.19. The van der Waals surface area contributed by atoms with Crippen molar-refractivity contribution in [2.75, 3.05) is 4.90 Å². The lowest BCUT2D eigenvalue weighted by atomic mass is 10.1. The van der Waals surface area contributed by atoms with Crippen molar-refractivity contribution in [2.24, 2.45) is 0 Å². The largest absolute Gasteiger partial charge is 0.323 e. The van der Waals surface area contributed by atoms with Gasteiger partial charge in [0.15, 0.2) is 3.95 Å². The molecule has 0 saturated heterocycles. The fourth-order valence-electron chi connectivity index (χ4n) is 3.55. The van der Waals surface area contributed by atoms with Gasteiger partial charge in [-0.15, -0.1) is 11.3 Å². The summed E-state index contributed by atoms with van der Waals surface area (Å²) in [6.07, 6.45) is 0. The lowest BCUT2D eigenvalue weighted by Crippen LogP contribution is -2.21. The number of anilines is 2. The van der Waals surface area contributed by atoms with Gasteiger partial charge in [0.1, 0.15) is 6.67 Å². The molecule has 1 heterocycles. The Bertz CT molecular complexity index is 1320. The quantitative estimate of drug-likeness (QED) is 0.292. The van der Waals surface area contributed by atoms with E-state index in [0.717, 1.165) is 15.3 Å². The molecule has 0 aliphatic carbocycles. The Morgan fingerprint density at radius 1 is 0.714 bits per heavy atom. The smallest absolute Gasteiger partial charge is 0.163 e. The second-order valence-electron chi connectivity index (χ2n) is 6.70. The Morgan fingerprint density at radius 3 is 2.29 bits per heavy atom. The minimum absolute atomic E-state index is 0.672. The summed E-state index contributed by atoms with van der Waals surface area (Å²) in [7, 11) is 0. The summed E-state index contributed by atoms with van der Waals surface area (Å²) >= 11 is 7.37. The number of para-hydroxylation sites is 2. The lowest BCUT2D eigenvalue weighted by molar-refractivity contribution is 0.732. The van der Waals surface area contributed by atoms with Crippen molar-refractivity contribution in [3.05, 3.63) is 101 Å². The molecule has 4 aromatic carbocycles. The van der Waals surface area contributed by atoms with Crippen LogP contribution >= 0.6 is 23.6 Å². The second-order valence-corrected chi connectivity index (χ2v) is 8.38. The Morgan fingerprint density at radius 2 is 1.43 bits per heavy atom. The van der Waals surface area contributed by atoms with E-state index in [4.69, 9.17) is 12.2 Å². The molecule has 0 aliphatic rings. The summed E-state index contributed by atoms with van der Waals surface area (Å²) in [6.45, 7) is 0.672. The summed E-state index contributed by atoms with van der Waals surface area (Å²) in [6, 6.07) is 34.0. The summed E-state index contributed by atoms with van der Waals surface area (Å²) in [5.41, 5.74) is 3.48. The number of hydrogen-bond acceptors (Lipinski definition) is 3. The van der Waals surface area contributed by atoms with E-state index in [2.05, 4.69) is 100 Å². The summed E-state index contributed by atoms with van der Waals surface area (Å²) in [5.74, 6) is 0. The fraction of sp³-hybridized carbons (Fsp3) is 0.0417. The predicted molar refractivity (Wildman–Crippen MR) is 123 cm³/mol. The summed E-state index contributed by atoms with van der Waals surface area (Å²) in [4.78, 5) is 2.32. The zero-order chi connectivity index (χ0) is 18.9. The van der Waals surface area contributed by atoms with Gasteiger partial charge in [-0.05, 0) is 59.4 Å². The van der Waals surface area contributed by atoms with Gasteiger partial charge in [-0.1, -0.05) is 60.7 Å². The van der Waals surface area contributed by atoms with Crippen LogP contribution in [0.25, 0.3) is 21.0 Å². The van der Waals surface area contributed by atoms with Gasteiger partial charge in [0.2, 0.25) is 0 Å². The van der Waals surface area contributed by atoms with Crippen molar-refractivity contribution in [3.8, 4) is 0 Å². The van der Waals surface area contributed by atoms with Crippen molar-refractivity contribution >= 4 is 55.9 Å². The molecule has 1 aromatic heterocycles. The average Bonchev–Trinajstić information content (AvgIpc) is 3.07. The van der Waals surface area contributed by atoms with E-state index in [1.54, 1.807) is 11.3 Å². The molecule has 0 unspecified atom stereocenters. The first-order valence-corrected chi connectivity index (χ1v) is 10.4. The van der Waals surface area contributed by atoms with Crippen molar-refractivity contribution in [3.63, 3.8) is 0 Å². The van der Waals surface area contributed by atoms with Crippen molar-refractivity contribution in [1.29, 1.82) is 0 Å². The van der Waals surface area contributed by atoms with E-state index in [9.17, 15) is 0 Å². The first-order chi connectivity index (χ1) is 13.8.